The average Bonchev–Trinajstić information content (AvgIpc) is 3.42. The molecule has 2 aromatic carbocycles. The molecule has 0 radical (unpaired) electrons. The van der Waals surface area contributed by atoms with Crippen LogP contribution in [0.2, 0.25) is 5.02 Å². The summed E-state index contributed by atoms with van der Waals surface area (Å²) in [6, 6.07) is 6.23. The average molecular weight is 417 g/mol. The Kier molecular flexibility index (Phi) is 3.93. The summed E-state index contributed by atoms with van der Waals surface area (Å²) in [5.74, 6) is -3.17. The Hall–Kier alpha value is -2.93. The Morgan fingerprint density at radius 2 is 1.97 bits per heavy atom. The molecule has 0 unspecified atom stereocenters. The zero-order valence-corrected chi connectivity index (χ0v) is 15.8. The molecule has 1 N–H and O–H groups in total. The highest BCUT2D eigenvalue weighted by Crippen LogP contribution is 2.41. The number of pyridine rings is 1. The molecule has 0 spiro atoms. The van der Waals surface area contributed by atoms with Crippen molar-refractivity contribution >= 4 is 34.2 Å². The second-order valence-corrected chi connectivity index (χ2v) is 7.87. The Balaban J connectivity index is 1.74. The van der Waals surface area contributed by atoms with E-state index in [1.165, 1.54) is 10.8 Å². The molecule has 1 saturated carbocycles. The van der Waals surface area contributed by atoms with Crippen LogP contribution >= 0.6 is 11.6 Å². The molecule has 5 rings (SSSR count). The number of carbonyl (C=O) groups is 1. The summed E-state index contributed by atoms with van der Waals surface area (Å²) < 4.78 is 32.1. The molecular formula is C21H15ClF2N2O3. The molecule has 1 aliphatic carbocycles. The van der Waals surface area contributed by atoms with Crippen molar-refractivity contribution in [1.29, 1.82) is 0 Å². The van der Waals surface area contributed by atoms with Gasteiger partial charge in [0.25, 0.3) is 0 Å². The molecule has 29 heavy (non-hydrogen) atoms. The summed E-state index contributed by atoms with van der Waals surface area (Å²) in [5.41, 5.74) is 0.0338. The number of aromatic carboxylic acids is 1. The molecule has 148 valence electrons. The van der Waals surface area contributed by atoms with Crippen LogP contribution in [0.25, 0.3) is 10.9 Å². The highest BCUT2D eigenvalue weighted by molar-refractivity contribution is 6.31. The molecular weight excluding hydrogens is 402 g/mol. The van der Waals surface area contributed by atoms with Crippen LogP contribution < -0.4 is 10.3 Å². The number of carboxylic acids is 1. The third-order valence-corrected chi connectivity index (χ3v) is 5.95. The van der Waals surface area contributed by atoms with Crippen LogP contribution in [0, 0.1) is 11.6 Å². The molecule has 0 atom stereocenters. The van der Waals surface area contributed by atoms with Crippen molar-refractivity contribution in [2.45, 2.75) is 32.0 Å². The Morgan fingerprint density at radius 3 is 2.62 bits per heavy atom. The first-order valence-corrected chi connectivity index (χ1v) is 9.56. The first-order chi connectivity index (χ1) is 13.9. The van der Waals surface area contributed by atoms with Gasteiger partial charge in [-0.2, -0.15) is 0 Å². The zero-order valence-electron chi connectivity index (χ0n) is 15.1. The minimum atomic E-state index is -1.42. The first kappa shape index (κ1) is 18.1. The smallest absolute Gasteiger partial charge is 0.341 e. The summed E-state index contributed by atoms with van der Waals surface area (Å²) in [5, 5.41) is 9.60. The van der Waals surface area contributed by atoms with Crippen molar-refractivity contribution in [2.24, 2.45) is 0 Å². The van der Waals surface area contributed by atoms with Crippen molar-refractivity contribution in [3.05, 3.63) is 74.0 Å². The molecule has 1 aliphatic heterocycles. The quantitative estimate of drug-likeness (QED) is 0.683. The van der Waals surface area contributed by atoms with Crippen molar-refractivity contribution in [1.82, 2.24) is 4.57 Å². The molecule has 3 aromatic rings. The van der Waals surface area contributed by atoms with Crippen molar-refractivity contribution in [2.75, 3.05) is 4.90 Å². The van der Waals surface area contributed by atoms with Crippen molar-refractivity contribution < 1.29 is 18.7 Å². The zero-order chi connectivity index (χ0) is 20.4. The van der Waals surface area contributed by atoms with Gasteiger partial charge in [0.05, 0.1) is 10.9 Å². The van der Waals surface area contributed by atoms with Gasteiger partial charge >= 0.3 is 5.97 Å². The third-order valence-electron chi connectivity index (χ3n) is 5.60. The number of halogens is 3. The van der Waals surface area contributed by atoms with Crippen LogP contribution in [0.1, 0.15) is 40.4 Å². The van der Waals surface area contributed by atoms with E-state index < -0.39 is 28.6 Å². The number of hydrogen-bond acceptors (Lipinski definition) is 3. The van der Waals surface area contributed by atoms with Crippen LogP contribution in [0.4, 0.5) is 14.5 Å². The predicted molar refractivity (Wildman–Crippen MR) is 105 cm³/mol. The summed E-state index contributed by atoms with van der Waals surface area (Å²) in [7, 11) is 0. The number of carboxylic acid groups (broad SMARTS) is 1. The monoisotopic (exact) mass is 416 g/mol. The molecule has 2 heterocycles. The number of benzene rings is 2. The van der Waals surface area contributed by atoms with Gasteiger partial charge in [-0.3, -0.25) is 4.79 Å². The Labute approximate surface area is 168 Å². The van der Waals surface area contributed by atoms with Crippen LogP contribution in [-0.4, -0.2) is 15.6 Å². The van der Waals surface area contributed by atoms with E-state index in [1.807, 2.05) is 6.07 Å². The van der Waals surface area contributed by atoms with E-state index >= 15 is 8.78 Å². The van der Waals surface area contributed by atoms with E-state index in [0.717, 1.165) is 30.0 Å². The summed E-state index contributed by atoms with van der Waals surface area (Å²) >= 11 is 6.22. The summed E-state index contributed by atoms with van der Waals surface area (Å²) in [4.78, 5) is 25.6. The normalized spacial score (nSPS) is 15.8. The fourth-order valence-electron chi connectivity index (χ4n) is 4.05. The summed E-state index contributed by atoms with van der Waals surface area (Å²) in [6.45, 7) is 0.533. The van der Waals surface area contributed by atoms with E-state index in [9.17, 15) is 14.7 Å². The lowest BCUT2D eigenvalue weighted by Gasteiger charge is -2.22. The molecule has 0 amide bonds. The third kappa shape index (κ3) is 2.72. The van der Waals surface area contributed by atoms with Gasteiger partial charge < -0.3 is 14.6 Å². The maximum atomic E-state index is 15.6. The van der Waals surface area contributed by atoms with Crippen LogP contribution in [-0.2, 0) is 13.1 Å². The maximum Gasteiger partial charge on any atom is 0.341 e. The lowest BCUT2D eigenvalue weighted by molar-refractivity contribution is 0.0695. The molecule has 5 nitrogen and oxygen atoms in total. The van der Waals surface area contributed by atoms with E-state index in [1.54, 1.807) is 17.0 Å². The lowest BCUT2D eigenvalue weighted by Crippen LogP contribution is -2.22. The molecule has 2 aliphatic rings. The number of nitrogens with zero attached hydrogens (tertiary/aromatic N) is 2. The van der Waals surface area contributed by atoms with Gasteiger partial charge in [-0.15, -0.1) is 0 Å². The fourth-order valence-corrected chi connectivity index (χ4v) is 4.31. The van der Waals surface area contributed by atoms with Crippen LogP contribution in [0.15, 0.2) is 35.3 Å². The second kappa shape index (κ2) is 6.29. The summed E-state index contributed by atoms with van der Waals surface area (Å²) in [6.07, 6.45) is 2.66. The van der Waals surface area contributed by atoms with Gasteiger partial charge in [-0.1, -0.05) is 23.7 Å². The number of hydrogen-bond donors (Lipinski definition) is 1. The van der Waals surface area contributed by atoms with E-state index in [2.05, 4.69) is 0 Å². The first-order valence-electron chi connectivity index (χ1n) is 9.18. The highest BCUT2D eigenvalue weighted by Gasteiger charge is 2.32. The number of fused-ring (bicyclic) bond motifs is 2. The van der Waals surface area contributed by atoms with Gasteiger partial charge in [0.15, 0.2) is 5.82 Å². The standard InChI is InChI=1S/C21H15ClF2N2O3/c22-15-3-1-2-10-7-25(8-13(10)15)19-16(23)6-12-18(17(19)24)26(11-4-5-11)9-14(20(12)27)21(28)29/h1-3,6,9,11H,4-5,7-8H2,(H,28,29). The largest absolute Gasteiger partial charge is 0.477 e. The topological polar surface area (TPSA) is 62.5 Å². The predicted octanol–water partition coefficient (Wildman–Crippen LogP) is 4.49. The Bertz CT molecular complexity index is 1270. The molecule has 8 heteroatoms. The van der Waals surface area contributed by atoms with Gasteiger partial charge in [-0.25, -0.2) is 13.6 Å². The van der Waals surface area contributed by atoms with Crippen LogP contribution in [0.5, 0.6) is 0 Å². The second-order valence-electron chi connectivity index (χ2n) is 7.47. The SMILES string of the molecule is O=C(O)c1cn(C2CC2)c2c(F)c(N3Cc4cccc(Cl)c4C3)c(F)cc2c1=O. The minimum absolute atomic E-state index is 0.0547. The minimum Gasteiger partial charge on any atom is -0.477 e. The highest BCUT2D eigenvalue weighted by atomic mass is 35.5. The van der Waals surface area contributed by atoms with Crippen LogP contribution in [0.3, 0.4) is 0 Å². The number of rotatable bonds is 3. The number of aromatic nitrogens is 1. The molecule has 0 bridgehead atoms. The van der Waals surface area contributed by atoms with Crippen molar-refractivity contribution in [3.8, 4) is 0 Å². The fraction of sp³-hybridized carbons (Fsp3) is 0.238. The van der Waals surface area contributed by atoms with E-state index in [0.29, 0.717) is 5.02 Å². The van der Waals surface area contributed by atoms with Gasteiger partial charge in [0.1, 0.15) is 17.1 Å². The van der Waals surface area contributed by atoms with Crippen molar-refractivity contribution in [3.63, 3.8) is 0 Å². The van der Waals surface area contributed by atoms with Gasteiger partial charge in [-0.05, 0) is 36.1 Å². The molecule has 1 aromatic heterocycles. The number of anilines is 1. The Morgan fingerprint density at radius 1 is 1.21 bits per heavy atom. The lowest BCUT2D eigenvalue weighted by atomic mass is 10.1. The van der Waals surface area contributed by atoms with Gasteiger partial charge in [0.2, 0.25) is 5.43 Å². The molecule has 0 saturated heterocycles. The van der Waals surface area contributed by atoms with E-state index in [-0.39, 0.29) is 35.7 Å². The molecule has 1 fully saturated rings. The van der Waals surface area contributed by atoms with E-state index in [4.69, 9.17) is 11.6 Å². The maximum absolute atomic E-state index is 15.6. The van der Waals surface area contributed by atoms with Gasteiger partial charge in [0, 0.05) is 30.4 Å².